The summed E-state index contributed by atoms with van der Waals surface area (Å²) in [5.41, 5.74) is 2.70. The molecule has 0 spiro atoms. The van der Waals surface area contributed by atoms with Crippen molar-refractivity contribution in [3.63, 3.8) is 0 Å². The molecule has 2 unspecified atom stereocenters. The molecule has 1 amide bonds. The molecule has 0 N–H and O–H groups in total. The number of amides is 1. The van der Waals surface area contributed by atoms with Gasteiger partial charge in [0.2, 0.25) is 0 Å². The Labute approximate surface area is 196 Å². The zero-order chi connectivity index (χ0) is 23.2. The topological polar surface area (TPSA) is 59.8 Å². The van der Waals surface area contributed by atoms with Crippen LogP contribution in [-0.4, -0.2) is 72.1 Å². The van der Waals surface area contributed by atoms with Crippen LogP contribution in [0.1, 0.15) is 31.0 Å². The van der Waals surface area contributed by atoms with Gasteiger partial charge in [0.15, 0.2) is 0 Å². The molecule has 0 aromatic heterocycles. The maximum Gasteiger partial charge on any atom is 0.266 e. The summed E-state index contributed by atoms with van der Waals surface area (Å²) in [4.78, 5) is 19.4. The third-order valence-corrected chi connectivity index (χ3v) is 6.31. The standard InChI is InChI=1S/C27H32N4O2/c1-21-18-29(19-22(2)33-21)20-25(17-28)27(32)31-15-13-30(14-16-31)26(23-9-5-3-6-10-23)24-11-7-4-8-12-24/h3-12,20-22,26H,13-16,18-19H2,1-2H3/b25-20-. The molecule has 0 radical (unpaired) electrons. The monoisotopic (exact) mass is 444 g/mol. The van der Waals surface area contributed by atoms with E-state index in [4.69, 9.17) is 4.74 Å². The first-order valence-corrected chi connectivity index (χ1v) is 11.7. The number of carbonyl (C=O) groups excluding carboxylic acids is 1. The SMILES string of the molecule is CC1CN(/C=C(/C#N)C(=O)N2CCN(C(c3ccccc3)c3ccccc3)CC2)CC(C)O1. The second-order valence-corrected chi connectivity index (χ2v) is 8.92. The summed E-state index contributed by atoms with van der Waals surface area (Å²) in [6.45, 7) is 8.11. The van der Waals surface area contributed by atoms with Gasteiger partial charge in [0.25, 0.3) is 5.91 Å². The van der Waals surface area contributed by atoms with E-state index in [2.05, 4.69) is 59.5 Å². The van der Waals surface area contributed by atoms with Crippen LogP contribution in [0.5, 0.6) is 0 Å². The highest BCUT2D eigenvalue weighted by atomic mass is 16.5. The number of morpholine rings is 1. The van der Waals surface area contributed by atoms with Crippen LogP contribution >= 0.6 is 0 Å². The van der Waals surface area contributed by atoms with Crippen molar-refractivity contribution < 1.29 is 9.53 Å². The summed E-state index contributed by atoms with van der Waals surface area (Å²) in [5.74, 6) is -0.181. The quantitative estimate of drug-likeness (QED) is 0.522. The molecule has 172 valence electrons. The van der Waals surface area contributed by atoms with Crippen LogP contribution in [0, 0.1) is 11.3 Å². The molecule has 2 heterocycles. The predicted octanol–water partition coefficient (Wildman–Crippen LogP) is 3.44. The molecular formula is C27H32N4O2. The average molecular weight is 445 g/mol. The molecule has 2 aliphatic rings. The van der Waals surface area contributed by atoms with Gasteiger partial charge >= 0.3 is 0 Å². The number of ether oxygens (including phenoxy) is 1. The van der Waals surface area contributed by atoms with Crippen molar-refractivity contribution in [3.05, 3.63) is 83.6 Å². The summed E-state index contributed by atoms with van der Waals surface area (Å²) in [6, 6.07) is 23.3. The molecule has 6 nitrogen and oxygen atoms in total. The van der Waals surface area contributed by atoms with Gasteiger partial charge in [-0.1, -0.05) is 60.7 Å². The van der Waals surface area contributed by atoms with E-state index in [9.17, 15) is 10.1 Å². The Bertz CT molecular complexity index is 944. The van der Waals surface area contributed by atoms with Crippen LogP contribution in [0.2, 0.25) is 0 Å². The molecular weight excluding hydrogens is 412 g/mol. The minimum atomic E-state index is -0.181. The summed E-state index contributed by atoms with van der Waals surface area (Å²) in [5, 5.41) is 9.69. The van der Waals surface area contributed by atoms with E-state index >= 15 is 0 Å². The molecule has 0 bridgehead atoms. The molecule has 6 heteroatoms. The van der Waals surface area contributed by atoms with E-state index in [1.165, 1.54) is 11.1 Å². The van der Waals surface area contributed by atoms with Crippen molar-refractivity contribution in [1.29, 1.82) is 5.26 Å². The van der Waals surface area contributed by atoms with Crippen molar-refractivity contribution in [2.75, 3.05) is 39.3 Å². The van der Waals surface area contributed by atoms with Crippen LogP contribution in [-0.2, 0) is 9.53 Å². The van der Waals surface area contributed by atoms with E-state index in [-0.39, 0.29) is 29.7 Å². The fraction of sp³-hybridized carbons (Fsp3) is 0.407. The Kier molecular flexibility index (Phi) is 7.43. The lowest BCUT2D eigenvalue weighted by Crippen LogP contribution is -2.50. The van der Waals surface area contributed by atoms with Gasteiger partial charge in [-0.2, -0.15) is 5.26 Å². The van der Waals surface area contributed by atoms with E-state index in [1.807, 2.05) is 35.8 Å². The second kappa shape index (κ2) is 10.7. The third-order valence-electron chi connectivity index (χ3n) is 6.31. The molecule has 2 saturated heterocycles. The van der Waals surface area contributed by atoms with Crippen molar-refractivity contribution in [1.82, 2.24) is 14.7 Å². The molecule has 0 aliphatic carbocycles. The average Bonchev–Trinajstić information content (AvgIpc) is 2.83. The molecule has 2 aromatic rings. The maximum absolute atomic E-state index is 13.1. The van der Waals surface area contributed by atoms with Gasteiger partial charge in [-0.15, -0.1) is 0 Å². The van der Waals surface area contributed by atoms with Gasteiger partial charge in [0.1, 0.15) is 11.6 Å². The fourth-order valence-corrected chi connectivity index (χ4v) is 4.88. The number of nitrogens with zero attached hydrogens (tertiary/aromatic N) is 4. The van der Waals surface area contributed by atoms with Crippen molar-refractivity contribution >= 4 is 5.91 Å². The number of hydrogen-bond donors (Lipinski definition) is 0. The highest BCUT2D eigenvalue weighted by Crippen LogP contribution is 2.29. The number of nitriles is 1. The number of carbonyl (C=O) groups is 1. The van der Waals surface area contributed by atoms with Crippen LogP contribution in [0.3, 0.4) is 0 Å². The Hall–Kier alpha value is -3.14. The Morgan fingerprint density at radius 3 is 1.94 bits per heavy atom. The predicted molar refractivity (Wildman–Crippen MR) is 128 cm³/mol. The molecule has 0 saturated carbocycles. The first-order valence-electron chi connectivity index (χ1n) is 11.7. The number of rotatable bonds is 5. The van der Waals surface area contributed by atoms with Crippen molar-refractivity contribution in [2.45, 2.75) is 32.1 Å². The lowest BCUT2D eigenvalue weighted by Gasteiger charge is -2.40. The molecule has 2 aliphatic heterocycles. The smallest absolute Gasteiger partial charge is 0.266 e. The number of hydrogen-bond acceptors (Lipinski definition) is 5. The summed E-state index contributed by atoms with van der Waals surface area (Å²) < 4.78 is 5.76. The first-order chi connectivity index (χ1) is 16.0. The van der Waals surface area contributed by atoms with Crippen LogP contribution in [0.4, 0.5) is 0 Å². The van der Waals surface area contributed by atoms with Gasteiger partial charge in [-0.25, -0.2) is 0 Å². The fourth-order valence-electron chi connectivity index (χ4n) is 4.88. The van der Waals surface area contributed by atoms with Gasteiger partial charge in [-0.3, -0.25) is 9.69 Å². The van der Waals surface area contributed by atoms with Gasteiger partial charge < -0.3 is 14.5 Å². The van der Waals surface area contributed by atoms with Crippen molar-refractivity contribution in [3.8, 4) is 6.07 Å². The summed E-state index contributed by atoms with van der Waals surface area (Å²) in [6.07, 6.45) is 1.88. The Morgan fingerprint density at radius 2 is 1.45 bits per heavy atom. The van der Waals surface area contributed by atoms with Crippen LogP contribution in [0.25, 0.3) is 0 Å². The van der Waals surface area contributed by atoms with E-state index in [0.29, 0.717) is 26.2 Å². The van der Waals surface area contributed by atoms with E-state index in [0.717, 1.165) is 13.1 Å². The Morgan fingerprint density at radius 1 is 0.939 bits per heavy atom. The third kappa shape index (κ3) is 5.62. The summed E-state index contributed by atoms with van der Waals surface area (Å²) >= 11 is 0. The van der Waals surface area contributed by atoms with Crippen molar-refractivity contribution in [2.24, 2.45) is 0 Å². The minimum absolute atomic E-state index is 0.0801. The molecule has 2 fully saturated rings. The molecule has 4 rings (SSSR count). The number of benzene rings is 2. The highest BCUT2D eigenvalue weighted by Gasteiger charge is 2.30. The number of piperazine rings is 1. The normalized spacial score (nSPS) is 22.3. The van der Waals surface area contributed by atoms with Gasteiger partial charge in [0.05, 0.1) is 18.2 Å². The minimum Gasteiger partial charge on any atom is -0.372 e. The Balaban J connectivity index is 1.45. The lowest BCUT2D eigenvalue weighted by atomic mass is 9.96. The molecule has 2 aromatic carbocycles. The first kappa shape index (κ1) is 23.0. The second-order valence-electron chi connectivity index (χ2n) is 8.92. The van der Waals surface area contributed by atoms with E-state index < -0.39 is 0 Å². The molecule has 33 heavy (non-hydrogen) atoms. The summed E-state index contributed by atoms with van der Waals surface area (Å²) in [7, 11) is 0. The van der Waals surface area contributed by atoms with Crippen LogP contribution in [0.15, 0.2) is 72.4 Å². The van der Waals surface area contributed by atoms with E-state index in [1.54, 1.807) is 6.20 Å². The van der Waals surface area contributed by atoms with Gasteiger partial charge in [-0.05, 0) is 25.0 Å². The van der Waals surface area contributed by atoms with Crippen LogP contribution < -0.4 is 0 Å². The maximum atomic E-state index is 13.1. The molecule has 2 atom stereocenters. The van der Waals surface area contributed by atoms with Gasteiger partial charge in [0, 0.05) is 45.5 Å². The lowest BCUT2D eigenvalue weighted by molar-refractivity contribution is -0.128. The highest BCUT2D eigenvalue weighted by molar-refractivity contribution is 5.97. The zero-order valence-corrected chi connectivity index (χ0v) is 19.4. The largest absolute Gasteiger partial charge is 0.372 e. The zero-order valence-electron chi connectivity index (χ0n) is 19.4.